The Morgan fingerprint density at radius 3 is 2.37 bits per heavy atom. The lowest BCUT2D eigenvalue weighted by molar-refractivity contribution is 0.179. The standard InChI is InChI=1S/C14H20F2N2O/c1-10(19)11-7-12(15)9-14(13(16)8-11)18-5-3-17(2)4-6-18/h7-8,10,19H,3-6,9H2,1-2H3. The van der Waals surface area contributed by atoms with Crippen molar-refractivity contribution < 1.29 is 13.9 Å². The third-order valence-electron chi connectivity index (χ3n) is 3.60. The van der Waals surface area contributed by atoms with Crippen molar-refractivity contribution in [3.8, 4) is 0 Å². The van der Waals surface area contributed by atoms with Gasteiger partial charge in [-0.25, -0.2) is 8.78 Å². The molecule has 0 bridgehead atoms. The number of hydrogen-bond donors (Lipinski definition) is 1. The Balaban J connectivity index is 2.24. The topological polar surface area (TPSA) is 26.7 Å². The lowest BCUT2D eigenvalue weighted by Gasteiger charge is -2.35. The summed E-state index contributed by atoms with van der Waals surface area (Å²) in [5, 5.41) is 9.48. The molecule has 1 fully saturated rings. The van der Waals surface area contributed by atoms with E-state index in [0.29, 0.717) is 18.8 Å². The normalized spacial score (nSPS) is 23.9. The van der Waals surface area contributed by atoms with Crippen molar-refractivity contribution in [1.82, 2.24) is 9.80 Å². The predicted octanol–water partition coefficient (Wildman–Crippen LogP) is 1.98. The molecule has 1 heterocycles. The molecule has 0 amide bonds. The number of halogens is 2. The highest BCUT2D eigenvalue weighted by Crippen LogP contribution is 2.28. The van der Waals surface area contributed by atoms with Crippen LogP contribution in [0.15, 0.2) is 35.1 Å². The molecule has 0 aromatic heterocycles. The summed E-state index contributed by atoms with van der Waals surface area (Å²) in [6, 6.07) is 0. The van der Waals surface area contributed by atoms with Crippen LogP contribution in [0.25, 0.3) is 0 Å². The Morgan fingerprint density at radius 2 is 1.79 bits per heavy atom. The van der Waals surface area contributed by atoms with Gasteiger partial charge in [-0.05, 0) is 31.7 Å². The van der Waals surface area contributed by atoms with E-state index in [4.69, 9.17) is 0 Å². The quantitative estimate of drug-likeness (QED) is 0.831. The number of piperazine rings is 1. The van der Waals surface area contributed by atoms with Crippen molar-refractivity contribution in [3.63, 3.8) is 0 Å². The SMILES string of the molecule is CC(O)C1=CC(F)=C(N2CCN(C)CC2)CC(F)=C1. The average Bonchev–Trinajstić information content (AvgIpc) is 2.50. The number of aliphatic hydroxyl groups excluding tert-OH is 1. The minimum absolute atomic E-state index is 0.0394. The van der Waals surface area contributed by atoms with Crippen molar-refractivity contribution in [1.29, 1.82) is 0 Å². The van der Waals surface area contributed by atoms with Gasteiger partial charge in [-0.2, -0.15) is 0 Å². The molecule has 106 valence electrons. The van der Waals surface area contributed by atoms with E-state index in [1.807, 2.05) is 11.9 Å². The molecule has 19 heavy (non-hydrogen) atoms. The second kappa shape index (κ2) is 5.84. The first-order valence-electron chi connectivity index (χ1n) is 6.55. The number of hydrogen-bond acceptors (Lipinski definition) is 3. The molecule has 1 saturated heterocycles. The number of likely N-dealkylation sites (N-methyl/N-ethyl adjacent to an activating group) is 1. The number of nitrogens with zero attached hydrogens (tertiary/aromatic N) is 2. The van der Waals surface area contributed by atoms with Crippen LogP contribution in [0.5, 0.6) is 0 Å². The zero-order valence-corrected chi connectivity index (χ0v) is 11.4. The van der Waals surface area contributed by atoms with Gasteiger partial charge in [0.25, 0.3) is 0 Å². The Hall–Kier alpha value is -1.20. The summed E-state index contributed by atoms with van der Waals surface area (Å²) in [7, 11) is 2.01. The van der Waals surface area contributed by atoms with Crippen LogP contribution in [0.4, 0.5) is 8.78 Å². The van der Waals surface area contributed by atoms with E-state index in [9.17, 15) is 13.9 Å². The van der Waals surface area contributed by atoms with Gasteiger partial charge in [-0.15, -0.1) is 0 Å². The lowest BCUT2D eigenvalue weighted by atomic mass is 10.1. The van der Waals surface area contributed by atoms with E-state index in [2.05, 4.69) is 4.90 Å². The fourth-order valence-electron chi connectivity index (χ4n) is 2.33. The van der Waals surface area contributed by atoms with Crippen LogP contribution >= 0.6 is 0 Å². The van der Waals surface area contributed by atoms with Gasteiger partial charge in [0.1, 0.15) is 11.7 Å². The van der Waals surface area contributed by atoms with Crippen molar-refractivity contribution in [2.45, 2.75) is 19.4 Å². The number of aliphatic hydroxyl groups is 1. The van der Waals surface area contributed by atoms with Crippen LogP contribution in [-0.2, 0) is 0 Å². The van der Waals surface area contributed by atoms with Crippen LogP contribution in [0.1, 0.15) is 13.3 Å². The van der Waals surface area contributed by atoms with E-state index in [1.165, 1.54) is 19.1 Å². The van der Waals surface area contributed by atoms with Crippen LogP contribution in [0.2, 0.25) is 0 Å². The smallest absolute Gasteiger partial charge is 0.143 e. The van der Waals surface area contributed by atoms with E-state index >= 15 is 0 Å². The van der Waals surface area contributed by atoms with E-state index < -0.39 is 17.8 Å². The Bertz CT molecular complexity index is 433. The summed E-state index contributed by atoms with van der Waals surface area (Å²) < 4.78 is 28.0. The van der Waals surface area contributed by atoms with Crippen LogP contribution in [-0.4, -0.2) is 54.2 Å². The van der Waals surface area contributed by atoms with Gasteiger partial charge >= 0.3 is 0 Å². The van der Waals surface area contributed by atoms with E-state index in [-0.39, 0.29) is 12.0 Å². The molecular formula is C14H20F2N2O. The van der Waals surface area contributed by atoms with Crippen LogP contribution < -0.4 is 0 Å². The molecule has 2 aliphatic rings. The van der Waals surface area contributed by atoms with Crippen molar-refractivity contribution in [2.24, 2.45) is 0 Å². The van der Waals surface area contributed by atoms with E-state index in [1.54, 1.807) is 0 Å². The molecule has 1 N–H and O–H groups in total. The van der Waals surface area contributed by atoms with Gasteiger partial charge in [-0.3, -0.25) is 0 Å². The first-order chi connectivity index (χ1) is 8.97. The van der Waals surface area contributed by atoms with Crippen molar-refractivity contribution >= 4 is 0 Å². The summed E-state index contributed by atoms with van der Waals surface area (Å²) in [5.74, 6) is -0.849. The second-order valence-corrected chi connectivity index (χ2v) is 5.17. The molecule has 0 saturated carbocycles. The highest BCUT2D eigenvalue weighted by Gasteiger charge is 2.23. The highest BCUT2D eigenvalue weighted by atomic mass is 19.1. The summed E-state index contributed by atoms with van der Waals surface area (Å²) in [6.07, 6.45) is 1.56. The zero-order valence-electron chi connectivity index (χ0n) is 11.4. The summed E-state index contributed by atoms with van der Waals surface area (Å²) >= 11 is 0. The maximum Gasteiger partial charge on any atom is 0.143 e. The molecule has 2 rings (SSSR count). The van der Waals surface area contributed by atoms with Crippen molar-refractivity contribution in [3.05, 3.63) is 35.1 Å². The third-order valence-corrected chi connectivity index (χ3v) is 3.60. The molecule has 0 aromatic rings. The Kier molecular flexibility index (Phi) is 4.37. The highest BCUT2D eigenvalue weighted by molar-refractivity contribution is 5.37. The molecule has 3 nitrogen and oxygen atoms in total. The first kappa shape index (κ1) is 14.2. The fourth-order valence-corrected chi connectivity index (χ4v) is 2.33. The molecule has 0 radical (unpaired) electrons. The molecule has 1 unspecified atom stereocenters. The minimum atomic E-state index is -0.872. The van der Waals surface area contributed by atoms with E-state index in [0.717, 1.165) is 13.1 Å². The summed E-state index contributed by atoms with van der Waals surface area (Å²) in [6.45, 7) is 4.59. The van der Waals surface area contributed by atoms with Gasteiger partial charge in [0.2, 0.25) is 0 Å². The van der Waals surface area contributed by atoms with Gasteiger partial charge in [-0.1, -0.05) is 0 Å². The van der Waals surface area contributed by atoms with Crippen LogP contribution in [0, 0.1) is 0 Å². The fraction of sp³-hybridized carbons (Fsp3) is 0.571. The minimum Gasteiger partial charge on any atom is -0.389 e. The Labute approximate surface area is 112 Å². The third kappa shape index (κ3) is 3.42. The van der Waals surface area contributed by atoms with Crippen molar-refractivity contribution in [2.75, 3.05) is 33.2 Å². The molecule has 5 heteroatoms. The number of rotatable bonds is 2. The summed E-state index contributed by atoms with van der Waals surface area (Å²) in [4.78, 5) is 4.05. The lowest BCUT2D eigenvalue weighted by Crippen LogP contribution is -2.44. The zero-order chi connectivity index (χ0) is 14.0. The maximum atomic E-state index is 14.2. The second-order valence-electron chi connectivity index (χ2n) is 5.17. The Morgan fingerprint density at radius 1 is 1.16 bits per heavy atom. The summed E-state index contributed by atoms with van der Waals surface area (Å²) in [5.41, 5.74) is 0.664. The van der Waals surface area contributed by atoms with Gasteiger partial charge in [0, 0.05) is 32.6 Å². The number of allylic oxidation sites excluding steroid dienone is 3. The molecule has 1 atom stereocenters. The first-order valence-corrected chi connectivity index (χ1v) is 6.55. The molecule has 1 aliphatic heterocycles. The predicted molar refractivity (Wildman–Crippen MR) is 70.8 cm³/mol. The van der Waals surface area contributed by atoms with Gasteiger partial charge in [0.15, 0.2) is 0 Å². The monoisotopic (exact) mass is 270 g/mol. The molecule has 1 aliphatic carbocycles. The molecule has 0 spiro atoms. The van der Waals surface area contributed by atoms with Gasteiger partial charge < -0.3 is 14.9 Å². The molecular weight excluding hydrogens is 250 g/mol. The molecule has 0 aromatic carbocycles. The maximum absolute atomic E-state index is 14.2. The largest absolute Gasteiger partial charge is 0.389 e. The van der Waals surface area contributed by atoms with Crippen LogP contribution in [0.3, 0.4) is 0 Å². The average molecular weight is 270 g/mol. The van der Waals surface area contributed by atoms with Gasteiger partial charge in [0.05, 0.1) is 11.8 Å².